The second-order valence-corrected chi connectivity index (χ2v) is 5.72. The van der Waals surface area contributed by atoms with Crippen molar-refractivity contribution in [3.63, 3.8) is 0 Å². The van der Waals surface area contributed by atoms with Crippen molar-refractivity contribution in [2.45, 2.75) is 25.8 Å². The minimum absolute atomic E-state index is 0.327. The van der Waals surface area contributed by atoms with Crippen LogP contribution in [0.5, 0.6) is 0 Å². The van der Waals surface area contributed by atoms with Gasteiger partial charge in [-0.05, 0) is 43.0 Å². The second kappa shape index (κ2) is 5.98. The molecule has 0 aliphatic carbocycles. The number of aliphatic hydroxyl groups is 1. The van der Waals surface area contributed by atoms with E-state index in [1.807, 2.05) is 0 Å². The summed E-state index contributed by atoms with van der Waals surface area (Å²) in [6.45, 7) is 4.71. The maximum Gasteiger partial charge on any atom is 0.0471 e. The topological polar surface area (TPSA) is 23.5 Å². The van der Waals surface area contributed by atoms with Gasteiger partial charge in [0.05, 0.1) is 0 Å². The molecule has 0 unspecified atom stereocenters. The van der Waals surface area contributed by atoms with Gasteiger partial charge in [-0.25, -0.2) is 0 Å². The SMILES string of the molecule is CC[C@@H](c1ccc(Br)cc1)N1CC[C@@H](CO)C1. The Hall–Kier alpha value is -0.380. The third-order valence-electron chi connectivity index (χ3n) is 3.66. The van der Waals surface area contributed by atoms with Crippen LogP contribution in [0.3, 0.4) is 0 Å². The third kappa shape index (κ3) is 3.09. The average molecular weight is 298 g/mol. The summed E-state index contributed by atoms with van der Waals surface area (Å²) >= 11 is 3.47. The minimum Gasteiger partial charge on any atom is -0.396 e. The molecule has 0 amide bonds. The highest BCUT2D eigenvalue weighted by atomic mass is 79.9. The monoisotopic (exact) mass is 297 g/mol. The normalized spacial score (nSPS) is 22.9. The van der Waals surface area contributed by atoms with Gasteiger partial charge in [-0.2, -0.15) is 0 Å². The standard InChI is InChI=1S/C14H20BrNO/c1-2-14(12-3-5-13(15)6-4-12)16-8-7-11(9-16)10-17/h3-6,11,14,17H,2,7-10H2,1H3/t11-,14+/m1/s1. The number of hydrogen-bond acceptors (Lipinski definition) is 2. The van der Waals surface area contributed by atoms with E-state index in [9.17, 15) is 5.11 Å². The van der Waals surface area contributed by atoms with E-state index in [0.717, 1.165) is 30.4 Å². The largest absolute Gasteiger partial charge is 0.396 e. The molecule has 17 heavy (non-hydrogen) atoms. The van der Waals surface area contributed by atoms with E-state index in [-0.39, 0.29) is 0 Å². The molecule has 0 bridgehead atoms. The van der Waals surface area contributed by atoms with Gasteiger partial charge in [-0.3, -0.25) is 4.90 Å². The van der Waals surface area contributed by atoms with Crippen LogP contribution in [0.4, 0.5) is 0 Å². The van der Waals surface area contributed by atoms with Gasteiger partial charge in [0.2, 0.25) is 0 Å². The lowest BCUT2D eigenvalue weighted by atomic mass is 10.0. The van der Waals surface area contributed by atoms with Crippen LogP contribution in [0.2, 0.25) is 0 Å². The van der Waals surface area contributed by atoms with Crippen LogP contribution in [-0.2, 0) is 0 Å². The summed E-state index contributed by atoms with van der Waals surface area (Å²) in [5.74, 6) is 0.472. The van der Waals surface area contributed by atoms with E-state index in [0.29, 0.717) is 18.6 Å². The molecule has 2 nitrogen and oxygen atoms in total. The van der Waals surface area contributed by atoms with Crippen molar-refractivity contribution in [1.29, 1.82) is 0 Å². The van der Waals surface area contributed by atoms with Crippen LogP contribution in [0, 0.1) is 5.92 Å². The zero-order valence-corrected chi connectivity index (χ0v) is 11.9. The molecule has 1 saturated heterocycles. The Balaban J connectivity index is 2.08. The summed E-state index contributed by atoms with van der Waals surface area (Å²) < 4.78 is 1.13. The first kappa shape index (κ1) is 13.1. The Morgan fingerprint density at radius 2 is 2.12 bits per heavy atom. The smallest absolute Gasteiger partial charge is 0.0471 e. The van der Waals surface area contributed by atoms with Crippen molar-refractivity contribution in [2.24, 2.45) is 5.92 Å². The number of rotatable bonds is 4. The number of likely N-dealkylation sites (tertiary alicyclic amines) is 1. The Labute approximate surface area is 112 Å². The average Bonchev–Trinajstić information content (AvgIpc) is 2.81. The van der Waals surface area contributed by atoms with Crippen molar-refractivity contribution in [1.82, 2.24) is 4.90 Å². The Morgan fingerprint density at radius 1 is 1.41 bits per heavy atom. The number of hydrogen-bond donors (Lipinski definition) is 1. The molecule has 0 radical (unpaired) electrons. The van der Waals surface area contributed by atoms with Crippen molar-refractivity contribution in [2.75, 3.05) is 19.7 Å². The van der Waals surface area contributed by atoms with E-state index < -0.39 is 0 Å². The summed E-state index contributed by atoms with van der Waals surface area (Å²) in [5, 5.41) is 9.21. The number of halogens is 1. The molecule has 1 fully saturated rings. The van der Waals surface area contributed by atoms with Crippen LogP contribution < -0.4 is 0 Å². The number of aliphatic hydroxyl groups excluding tert-OH is 1. The molecule has 0 saturated carbocycles. The predicted molar refractivity (Wildman–Crippen MR) is 73.9 cm³/mol. The third-order valence-corrected chi connectivity index (χ3v) is 4.19. The molecular weight excluding hydrogens is 278 g/mol. The van der Waals surface area contributed by atoms with Crippen molar-refractivity contribution < 1.29 is 5.11 Å². The Kier molecular flexibility index (Phi) is 4.60. The highest BCUT2D eigenvalue weighted by molar-refractivity contribution is 9.10. The van der Waals surface area contributed by atoms with Gasteiger partial charge < -0.3 is 5.11 Å². The van der Waals surface area contributed by atoms with Crippen LogP contribution in [0.25, 0.3) is 0 Å². The van der Waals surface area contributed by atoms with Gasteiger partial charge in [-0.15, -0.1) is 0 Å². The van der Waals surface area contributed by atoms with Crippen LogP contribution >= 0.6 is 15.9 Å². The minimum atomic E-state index is 0.327. The molecule has 1 aliphatic rings. The van der Waals surface area contributed by atoms with E-state index in [1.165, 1.54) is 5.56 Å². The summed E-state index contributed by atoms with van der Waals surface area (Å²) in [5.41, 5.74) is 1.38. The van der Waals surface area contributed by atoms with Crippen LogP contribution in [0.15, 0.2) is 28.7 Å². The van der Waals surface area contributed by atoms with E-state index in [2.05, 4.69) is 52.0 Å². The maximum absolute atomic E-state index is 9.21. The molecule has 1 heterocycles. The predicted octanol–water partition coefficient (Wildman–Crippen LogP) is 3.21. The molecule has 1 aliphatic heterocycles. The molecule has 0 aromatic heterocycles. The summed E-state index contributed by atoms with van der Waals surface area (Å²) in [6, 6.07) is 9.11. The molecule has 0 spiro atoms. The van der Waals surface area contributed by atoms with Gasteiger partial charge in [0.1, 0.15) is 0 Å². The van der Waals surface area contributed by atoms with Crippen LogP contribution in [0.1, 0.15) is 31.4 Å². The molecule has 1 aromatic rings. The van der Waals surface area contributed by atoms with Crippen molar-refractivity contribution in [3.05, 3.63) is 34.3 Å². The van der Waals surface area contributed by atoms with Gasteiger partial charge in [0.15, 0.2) is 0 Å². The first-order valence-electron chi connectivity index (χ1n) is 6.35. The molecule has 2 rings (SSSR count). The summed E-state index contributed by atoms with van der Waals surface area (Å²) in [7, 11) is 0. The summed E-state index contributed by atoms with van der Waals surface area (Å²) in [6.07, 6.45) is 2.25. The fourth-order valence-electron chi connectivity index (χ4n) is 2.68. The highest BCUT2D eigenvalue weighted by Crippen LogP contribution is 2.30. The zero-order chi connectivity index (χ0) is 12.3. The molecule has 3 heteroatoms. The van der Waals surface area contributed by atoms with E-state index in [4.69, 9.17) is 0 Å². The Bertz CT molecular complexity index is 352. The van der Waals surface area contributed by atoms with E-state index in [1.54, 1.807) is 0 Å². The fourth-order valence-corrected chi connectivity index (χ4v) is 2.95. The lowest BCUT2D eigenvalue weighted by Crippen LogP contribution is -2.26. The second-order valence-electron chi connectivity index (χ2n) is 4.81. The number of nitrogens with zero attached hydrogens (tertiary/aromatic N) is 1. The van der Waals surface area contributed by atoms with E-state index >= 15 is 0 Å². The number of benzene rings is 1. The van der Waals surface area contributed by atoms with Gasteiger partial charge in [-0.1, -0.05) is 35.0 Å². The molecular formula is C14H20BrNO. The molecule has 94 valence electrons. The van der Waals surface area contributed by atoms with Crippen molar-refractivity contribution >= 4 is 15.9 Å². The quantitative estimate of drug-likeness (QED) is 0.922. The zero-order valence-electron chi connectivity index (χ0n) is 10.3. The molecule has 2 atom stereocenters. The molecule has 1 N–H and O–H groups in total. The fraction of sp³-hybridized carbons (Fsp3) is 0.571. The summed E-state index contributed by atoms with van der Waals surface area (Å²) in [4.78, 5) is 2.50. The van der Waals surface area contributed by atoms with Gasteiger partial charge in [0.25, 0.3) is 0 Å². The maximum atomic E-state index is 9.21. The van der Waals surface area contributed by atoms with Gasteiger partial charge in [0, 0.05) is 23.7 Å². The first-order chi connectivity index (χ1) is 8.24. The molecule has 1 aromatic carbocycles. The lowest BCUT2D eigenvalue weighted by molar-refractivity contribution is 0.195. The van der Waals surface area contributed by atoms with Crippen LogP contribution in [-0.4, -0.2) is 29.7 Å². The van der Waals surface area contributed by atoms with Gasteiger partial charge >= 0.3 is 0 Å². The first-order valence-corrected chi connectivity index (χ1v) is 7.14. The lowest BCUT2D eigenvalue weighted by Gasteiger charge is -2.27. The highest BCUT2D eigenvalue weighted by Gasteiger charge is 2.27. The Morgan fingerprint density at radius 3 is 2.65 bits per heavy atom. The van der Waals surface area contributed by atoms with Crippen molar-refractivity contribution in [3.8, 4) is 0 Å².